The molecule has 1 fully saturated rings. The molecule has 2 aromatic rings. The summed E-state index contributed by atoms with van der Waals surface area (Å²) in [5.74, 6) is -1.01. The zero-order chi connectivity index (χ0) is 26.7. The van der Waals surface area contributed by atoms with Crippen LogP contribution in [0, 0.1) is 12.3 Å². The predicted molar refractivity (Wildman–Crippen MR) is 147 cm³/mol. The number of unbranched alkanes of at least 4 members (excludes halogenated alkanes) is 1. The number of hydrogen-bond acceptors (Lipinski definition) is 6. The number of aliphatic carboxylic acids is 1. The summed E-state index contributed by atoms with van der Waals surface area (Å²) in [5.41, 5.74) is 4.51. The molecule has 7 heteroatoms. The van der Waals surface area contributed by atoms with Gasteiger partial charge in [-0.1, -0.05) is 27.2 Å². The number of carbonyl (C=O) groups is 1. The van der Waals surface area contributed by atoms with Crippen LogP contribution in [0.2, 0.25) is 0 Å². The summed E-state index contributed by atoms with van der Waals surface area (Å²) < 4.78 is 6.12. The Kier molecular flexibility index (Phi) is 8.65. The number of carboxylic acid groups (broad SMARTS) is 1. The number of anilines is 2. The Morgan fingerprint density at radius 2 is 1.86 bits per heavy atom. The largest absolute Gasteiger partial charge is 0.479 e. The average molecular weight is 497 g/mol. The second-order valence-electron chi connectivity index (χ2n) is 11.8. The predicted octanol–water partition coefficient (Wildman–Crippen LogP) is 6.26. The highest BCUT2D eigenvalue weighted by molar-refractivity contribution is 5.85. The Labute approximate surface area is 216 Å². The number of aryl methyl sites for hydroxylation is 1. The highest BCUT2D eigenvalue weighted by atomic mass is 16.5. The smallest absolute Gasteiger partial charge is 0.337 e. The Bertz CT molecular complexity index is 1030. The lowest BCUT2D eigenvalue weighted by Crippen LogP contribution is -2.39. The molecule has 0 amide bonds. The molecule has 0 spiro atoms. The van der Waals surface area contributed by atoms with Gasteiger partial charge in [0.2, 0.25) is 0 Å². The lowest BCUT2D eigenvalue weighted by Gasteiger charge is -2.40. The van der Waals surface area contributed by atoms with Gasteiger partial charge in [0.15, 0.2) is 6.10 Å². The van der Waals surface area contributed by atoms with Crippen molar-refractivity contribution in [2.45, 2.75) is 85.9 Å². The molecule has 3 rings (SSSR count). The van der Waals surface area contributed by atoms with Crippen LogP contribution in [0.3, 0.4) is 0 Å². The maximum atomic E-state index is 12.5. The number of aromatic nitrogens is 2. The lowest BCUT2D eigenvalue weighted by atomic mass is 9.82. The maximum absolute atomic E-state index is 12.5. The van der Waals surface area contributed by atoms with Crippen LogP contribution >= 0.6 is 0 Å². The first-order valence-electron chi connectivity index (χ1n) is 13.2. The van der Waals surface area contributed by atoms with Gasteiger partial charge in [-0.15, -0.1) is 0 Å². The molecule has 1 aliphatic heterocycles. The summed E-state index contributed by atoms with van der Waals surface area (Å²) in [5, 5.41) is 10.3. The molecule has 0 aliphatic carbocycles. The van der Waals surface area contributed by atoms with Gasteiger partial charge in [-0.25, -0.2) is 4.79 Å². The Hall–Kier alpha value is -2.67. The van der Waals surface area contributed by atoms with Gasteiger partial charge in [0.05, 0.1) is 28.9 Å². The molecule has 1 aliphatic rings. The van der Waals surface area contributed by atoms with E-state index in [1.807, 2.05) is 46.2 Å². The Morgan fingerprint density at radius 1 is 1.19 bits per heavy atom. The van der Waals surface area contributed by atoms with Crippen molar-refractivity contribution in [3.05, 3.63) is 35.8 Å². The number of pyridine rings is 2. The number of piperidine rings is 1. The van der Waals surface area contributed by atoms with E-state index in [2.05, 4.69) is 48.7 Å². The van der Waals surface area contributed by atoms with Gasteiger partial charge in [-0.2, -0.15) is 0 Å². The quantitative estimate of drug-likeness (QED) is 0.439. The molecule has 0 radical (unpaired) electrons. The van der Waals surface area contributed by atoms with Crippen LogP contribution in [0.25, 0.3) is 11.3 Å². The summed E-state index contributed by atoms with van der Waals surface area (Å²) in [4.78, 5) is 26.5. The highest BCUT2D eigenvalue weighted by Crippen LogP contribution is 2.43. The Balaban J connectivity index is 2.13. The fraction of sp³-hybridized carbons (Fsp3) is 0.621. The highest BCUT2D eigenvalue weighted by Gasteiger charge is 2.36. The van der Waals surface area contributed by atoms with E-state index in [0.717, 1.165) is 67.9 Å². The summed E-state index contributed by atoms with van der Waals surface area (Å²) >= 11 is 0. The van der Waals surface area contributed by atoms with E-state index in [4.69, 9.17) is 9.72 Å². The van der Waals surface area contributed by atoms with Crippen molar-refractivity contribution in [1.82, 2.24) is 9.97 Å². The molecule has 2 aromatic heterocycles. The summed E-state index contributed by atoms with van der Waals surface area (Å²) in [6, 6.07) is 4.10. The third-order valence-electron chi connectivity index (χ3n) is 6.99. The minimum atomic E-state index is -1.12. The van der Waals surface area contributed by atoms with Crippen LogP contribution in [0.15, 0.2) is 24.5 Å². The monoisotopic (exact) mass is 496 g/mol. The Morgan fingerprint density at radius 3 is 2.39 bits per heavy atom. The molecule has 36 heavy (non-hydrogen) atoms. The molecular weight excluding hydrogens is 452 g/mol. The molecule has 3 heterocycles. The molecule has 198 valence electrons. The SMILES string of the molecule is CCCCN(C)c1ccc(-c2cnc(C)c(C(OC(C)(C)C)C(=O)O)c2N2CCC(C)(C)CC2)nc1. The lowest BCUT2D eigenvalue weighted by molar-refractivity contribution is -0.160. The van der Waals surface area contributed by atoms with Crippen molar-refractivity contribution in [3.63, 3.8) is 0 Å². The third-order valence-corrected chi connectivity index (χ3v) is 6.99. The molecule has 1 saturated heterocycles. The van der Waals surface area contributed by atoms with Gasteiger partial charge >= 0.3 is 5.97 Å². The summed E-state index contributed by atoms with van der Waals surface area (Å²) in [7, 11) is 2.08. The molecule has 0 bridgehead atoms. The molecule has 1 atom stereocenters. The second kappa shape index (κ2) is 11.2. The number of carboxylic acids is 1. The van der Waals surface area contributed by atoms with Crippen molar-refractivity contribution >= 4 is 17.3 Å². The van der Waals surface area contributed by atoms with Crippen LogP contribution in [0.5, 0.6) is 0 Å². The zero-order valence-corrected chi connectivity index (χ0v) is 23.4. The fourth-order valence-corrected chi connectivity index (χ4v) is 4.67. The van der Waals surface area contributed by atoms with E-state index < -0.39 is 17.7 Å². The molecule has 0 saturated carbocycles. The topological polar surface area (TPSA) is 78.8 Å². The van der Waals surface area contributed by atoms with E-state index in [0.29, 0.717) is 11.3 Å². The maximum Gasteiger partial charge on any atom is 0.337 e. The first kappa shape index (κ1) is 27.9. The second-order valence-corrected chi connectivity index (χ2v) is 11.8. The van der Waals surface area contributed by atoms with Gasteiger partial charge < -0.3 is 19.6 Å². The van der Waals surface area contributed by atoms with Crippen LogP contribution in [-0.4, -0.2) is 53.3 Å². The van der Waals surface area contributed by atoms with Crippen LogP contribution in [0.1, 0.15) is 84.6 Å². The van der Waals surface area contributed by atoms with Crippen molar-refractivity contribution in [2.75, 3.05) is 36.5 Å². The summed E-state index contributed by atoms with van der Waals surface area (Å²) in [6.07, 6.45) is 6.94. The number of rotatable bonds is 9. The van der Waals surface area contributed by atoms with Gasteiger partial charge in [0, 0.05) is 49.7 Å². The van der Waals surface area contributed by atoms with Crippen LogP contribution in [-0.2, 0) is 9.53 Å². The van der Waals surface area contributed by atoms with Crippen LogP contribution in [0.4, 0.5) is 11.4 Å². The molecule has 7 nitrogen and oxygen atoms in total. The van der Waals surface area contributed by atoms with Gasteiger partial charge in [-0.05, 0) is 64.5 Å². The van der Waals surface area contributed by atoms with Crippen molar-refractivity contribution < 1.29 is 14.6 Å². The summed E-state index contributed by atoms with van der Waals surface area (Å²) in [6.45, 7) is 17.0. The van der Waals surface area contributed by atoms with Crippen molar-refractivity contribution in [3.8, 4) is 11.3 Å². The van der Waals surface area contributed by atoms with Crippen molar-refractivity contribution in [2.24, 2.45) is 5.41 Å². The van der Waals surface area contributed by atoms with E-state index in [1.54, 1.807) is 0 Å². The normalized spacial score (nSPS) is 16.6. The van der Waals surface area contributed by atoms with Crippen LogP contribution < -0.4 is 9.80 Å². The minimum absolute atomic E-state index is 0.260. The van der Waals surface area contributed by atoms with Gasteiger partial charge in [-0.3, -0.25) is 9.97 Å². The molecule has 0 aromatic carbocycles. The van der Waals surface area contributed by atoms with E-state index in [1.165, 1.54) is 0 Å². The number of ether oxygens (including phenoxy) is 1. The van der Waals surface area contributed by atoms with Gasteiger partial charge in [0.25, 0.3) is 0 Å². The average Bonchev–Trinajstić information content (AvgIpc) is 2.80. The van der Waals surface area contributed by atoms with E-state index in [-0.39, 0.29) is 5.41 Å². The number of nitrogens with zero attached hydrogens (tertiary/aromatic N) is 4. The molecule has 1 unspecified atom stereocenters. The third kappa shape index (κ3) is 6.75. The molecular formula is C29H44N4O3. The van der Waals surface area contributed by atoms with E-state index in [9.17, 15) is 9.90 Å². The first-order chi connectivity index (χ1) is 16.8. The van der Waals surface area contributed by atoms with Gasteiger partial charge in [0.1, 0.15) is 0 Å². The number of hydrogen-bond donors (Lipinski definition) is 1. The first-order valence-corrected chi connectivity index (χ1v) is 13.2. The fourth-order valence-electron chi connectivity index (χ4n) is 4.67. The zero-order valence-electron chi connectivity index (χ0n) is 23.4. The van der Waals surface area contributed by atoms with Crippen molar-refractivity contribution in [1.29, 1.82) is 0 Å². The minimum Gasteiger partial charge on any atom is -0.479 e. The van der Waals surface area contributed by atoms with E-state index >= 15 is 0 Å². The molecule has 1 N–H and O–H groups in total. The standard InChI is InChI=1S/C29H44N4O3/c1-9-10-15-32(8)21-11-12-23(31-18-21)22-19-30-20(2)24(26(27(34)35)36-28(3,4)5)25(22)33-16-13-29(6,7)14-17-33/h11-12,18-19,26H,9-10,13-17H2,1-8H3,(H,34,35).